The summed E-state index contributed by atoms with van der Waals surface area (Å²) in [5, 5.41) is 7.36. The third-order valence-electron chi connectivity index (χ3n) is 7.75. The van der Waals surface area contributed by atoms with E-state index in [1.807, 2.05) is 7.11 Å². The van der Waals surface area contributed by atoms with Gasteiger partial charge in [-0.05, 0) is 50.9 Å². The van der Waals surface area contributed by atoms with Crippen molar-refractivity contribution < 1.29 is 9.47 Å². The Labute approximate surface area is 181 Å². The van der Waals surface area contributed by atoms with Crippen LogP contribution >= 0.6 is 24.0 Å². The molecule has 4 fully saturated rings. The second-order valence-electron chi connectivity index (χ2n) is 9.10. The molecule has 27 heavy (non-hydrogen) atoms. The van der Waals surface area contributed by atoms with Crippen LogP contribution < -0.4 is 10.6 Å². The summed E-state index contributed by atoms with van der Waals surface area (Å²) in [7, 11) is 1.81. The molecule has 3 atom stereocenters. The minimum Gasteiger partial charge on any atom is -0.385 e. The van der Waals surface area contributed by atoms with Crippen LogP contribution in [0.1, 0.15) is 64.7 Å². The maximum atomic E-state index is 6.07. The Kier molecular flexibility index (Phi) is 7.34. The molecule has 1 aliphatic heterocycles. The normalized spacial score (nSPS) is 33.0. The molecule has 5 nitrogen and oxygen atoms in total. The number of fused-ring (bicyclic) bond motifs is 2. The first-order valence-corrected chi connectivity index (χ1v) is 10.9. The summed E-state index contributed by atoms with van der Waals surface area (Å²) in [4.78, 5) is 5.08. The highest BCUT2D eigenvalue weighted by atomic mass is 127. The molecule has 3 unspecified atom stereocenters. The van der Waals surface area contributed by atoms with Gasteiger partial charge in [0, 0.05) is 50.8 Å². The predicted octanol–water partition coefficient (Wildman–Crippen LogP) is 3.71. The molecule has 4 rings (SSSR count). The molecule has 4 aliphatic rings. The van der Waals surface area contributed by atoms with E-state index in [0.717, 1.165) is 38.7 Å². The molecule has 1 spiro atoms. The van der Waals surface area contributed by atoms with Crippen molar-refractivity contribution in [2.24, 2.45) is 21.7 Å². The molecule has 0 aromatic heterocycles. The molecule has 1 saturated heterocycles. The summed E-state index contributed by atoms with van der Waals surface area (Å²) in [6, 6.07) is 0.556. The second-order valence-corrected chi connectivity index (χ2v) is 9.10. The average molecular weight is 491 g/mol. The number of guanidine groups is 1. The first kappa shape index (κ1) is 21.6. The van der Waals surface area contributed by atoms with E-state index in [1.165, 1.54) is 51.4 Å². The van der Waals surface area contributed by atoms with Crippen molar-refractivity contribution >= 4 is 29.9 Å². The lowest BCUT2D eigenvalue weighted by atomic mass is 9.46. The summed E-state index contributed by atoms with van der Waals surface area (Å²) in [5.74, 6) is 1.71. The van der Waals surface area contributed by atoms with Crippen LogP contribution in [0.3, 0.4) is 0 Å². The highest BCUT2D eigenvalue weighted by Gasteiger charge is 2.66. The van der Waals surface area contributed by atoms with E-state index in [4.69, 9.17) is 14.5 Å². The molecule has 0 amide bonds. The number of methoxy groups -OCH3 is 1. The van der Waals surface area contributed by atoms with Gasteiger partial charge in [-0.25, -0.2) is 0 Å². The molecule has 0 bridgehead atoms. The van der Waals surface area contributed by atoms with E-state index in [9.17, 15) is 0 Å². The van der Waals surface area contributed by atoms with Crippen molar-refractivity contribution in [3.05, 3.63) is 0 Å². The third-order valence-corrected chi connectivity index (χ3v) is 7.75. The predicted molar refractivity (Wildman–Crippen MR) is 120 cm³/mol. The lowest BCUT2D eigenvalue weighted by Gasteiger charge is -2.63. The zero-order valence-corrected chi connectivity index (χ0v) is 19.4. The molecule has 0 aromatic carbocycles. The van der Waals surface area contributed by atoms with Crippen LogP contribution in [0.15, 0.2) is 4.99 Å². The number of aliphatic imine (C=N–C) groups is 1. The molecule has 0 radical (unpaired) electrons. The molecule has 2 N–H and O–H groups in total. The number of nitrogens with one attached hydrogen (secondary N) is 2. The summed E-state index contributed by atoms with van der Waals surface area (Å²) >= 11 is 0. The smallest absolute Gasteiger partial charge is 0.191 e. The molecule has 6 heteroatoms. The number of halogens is 1. The fraction of sp³-hybridized carbons (Fsp3) is 0.952. The van der Waals surface area contributed by atoms with Crippen LogP contribution in [0.5, 0.6) is 0 Å². The summed E-state index contributed by atoms with van der Waals surface area (Å²) in [6.07, 6.45) is 12.1. The van der Waals surface area contributed by atoms with Crippen LogP contribution in [-0.2, 0) is 9.47 Å². The SMILES string of the molecule is CCNC(=NCC1(CCOC)CCCC1)NC1C2CCOC2C12CCC2.I. The zero-order valence-electron chi connectivity index (χ0n) is 17.1. The fourth-order valence-corrected chi connectivity index (χ4v) is 6.10. The van der Waals surface area contributed by atoms with Gasteiger partial charge in [0.25, 0.3) is 0 Å². The largest absolute Gasteiger partial charge is 0.385 e. The van der Waals surface area contributed by atoms with Gasteiger partial charge in [0.15, 0.2) is 5.96 Å². The zero-order chi connectivity index (χ0) is 18.0. The lowest BCUT2D eigenvalue weighted by Crippen LogP contribution is -2.72. The van der Waals surface area contributed by atoms with Crippen LogP contribution in [0, 0.1) is 16.7 Å². The van der Waals surface area contributed by atoms with E-state index in [-0.39, 0.29) is 24.0 Å². The number of ether oxygens (including phenoxy) is 2. The molecule has 1 heterocycles. The van der Waals surface area contributed by atoms with Crippen molar-refractivity contribution in [2.75, 3.05) is 33.4 Å². The van der Waals surface area contributed by atoms with Gasteiger partial charge >= 0.3 is 0 Å². The summed E-state index contributed by atoms with van der Waals surface area (Å²) in [6.45, 7) is 5.81. The Hall–Kier alpha value is -0.0800. The number of nitrogens with zero attached hydrogens (tertiary/aromatic N) is 1. The van der Waals surface area contributed by atoms with E-state index >= 15 is 0 Å². The first-order valence-electron chi connectivity index (χ1n) is 10.9. The first-order chi connectivity index (χ1) is 12.7. The number of rotatable bonds is 7. The number of hydrogen-bond acceptors (Lipinski definition) is 3. The summed E-state index contributed by atoms with van der Waals surface area (Å²) in [5.41, 5.74) is 0.754. The van der Waals surface area contributed by atoms with Gasteiger partial charge in [0.1, 0.15) is 0 Å². The van der Waals surface area contributed by atoms with Gasteiger partial charge < -0.3 is 20.1 Å². The Balaban J connectivity index is 0.00000210. The van der Waals surface area contributed by atoms with Gasteiger partial charge in [-0.15, -0.1) is 24.0 Å². The van der Waals surface area contributed by atoms with Gasteiger partial charge in [0.05, 0.1) is 6.10 Å². The van der Waals surface area contributed by atoms with E-state index in [2.05, 4.69) is 17.6 Å². The average Bonchev–Trinajstić information content (AvgIpc) is 3.23. The van der Waals surface area contributed by atoms with Crippen molar-refractivity contribution in [3.8, 4) is 0 Å². The van der Waals surface area contributed by atoms with Crippen LogP contribution in [0.2, 0.25) is 0 Å². The maximum absolute atomic E-state index is 6.07. The van der Waals surface area contributed by atoms with Crippen LogP contribution in [0.25, 0.3) is 0 Å². The molecule has 156 valence electrons. The van der Waals surface area contributed by atoms with Gasteiger partial charge in [-0.2, -0.15) is 0 Å². The molecular weight excluding hydrogens is 453 g/mol. The minimum atomic E-state index is 0. The highest BCUT2D eigenvalue weighted by molar-refractivity contribution is 14.0. The van der Waals surface area contributed by atoms with Crippen molar-refractivity contribution in [1.82, 2.24) is 10.6 Å². The highest BCUT2D eigenvalue weighted by Crippen LogP contribution is 2.62. The molecule has 3 aliphatic carbocycles. The van der Waals surface area contributed by atoms with E-state index in [0.29, 0.717) is 28.9 Å². The Morgan fingerprint density at radius 3 is 2.59 bits per heavy atom. The quantitative estimate of drug-likeness (QED) is 0.324. The third kappa shape index (κ3) is 4.00. The maximum Gasteiger partial charge on any atom is 0.191 e. The van der Waals surface area contributed by atoms with Gasteiger partial charge in [-0.1, -0.05) is 19.3 Å². The fourth-order valence-electron chi connectivity index (χ4n) is 6.10. The minimum absolute atomic E-state index is 0. The lowest BCUT2D eigenvalue weighted by molar-refractivity contribution is -0.171. The summed E-state index contributed by atoms with van der Waals surface area (Å²) < 4.78 is 11.4. The second kappa shape index (κ2) is 9.16. The molecular formula is C21H38IN3O2. The standard InChI is InChI=1S/C21H37N3O2.HI/c1-3-22-19(23-15-20(12-14-25-2)8-4-5-9-20)24-17-16-7-13-26-18(16)21(17)10-6-11-21;/h16-18H,3-15H2,1-2H3,(H2,22,23,24);1H. The van der Waals surface area contributed by atoms with E-state index < -0.39 is 0 Å². The van der Waals surface area contributed by atoms with E-state index in [1.54, 1.807) is 0 Å². The van der Waals surface area contributed by atoms with Crippen molar-refractivity contribution in [2.45, 2.75) is 76.9 Å². The van der Waals surface area contributed by atoms with Crippen LogP contribution in [0.4, 0.5) is 0 Å². The van der Waals surface area contributed by atoms with Crippen LogP contribution in [-0.4, -0.2) is 51.5 Å². The van der Waals surface area contributed by atoms with Gasteiger partial charge in [0.2, 0.25) is 0 Å². The monoisotopic (exact) mass is 491 g/mol. The van der Waals surface area contributed by atoms with Crippen molar-refractivity contribution in [3.63, 3.8) is 0 Å². The number of hydrogen-bond donors (Lipinski definition) is 2. The van der Waals surface area contributed by atoms with Crippen molar-refractivity contribution in [1.29, 1.82) is 0 Å². The molecule has 3 saturated carbocycles. The Morgan fingerprint density at radius 1 is 1.19 bits per heavy atom. The molecule has 0 aromatic rings. The Bertz CT molecular complexity index is 518. The van der Waals surface area contributed by atoms with Gasteiger partial charge in [-0.3, -0.25) is 4.99 Å². The topological polar surface area (TPSA) is 54.9 Å². The Morgan fingerprint density at radius 2 is 1.96 bits per heavy atom.